The third-order valence-corrected chi connectivity index (χ3v) is 4.42. The second kappa shape index (κ2) is 8.21. The average Bonchev–Trinajstić information content (AvgIpc) is 2.68. The van der Waals surface area contributed by atoms with Gasteiger partial charge in [0.05, 0.1) is 10.7 Å². The zero-order valence-electron chi connectivity index (χ0n) is 14.8. The third-order valence-electron chi connectivity index (χ3n) is 4.42. The first kappa shape index (κ1) is 17.6. The van der Waals surface area contributed by atoms with Gasteiger partial charge >= 0.3 is 0 Å². The molecular formula is C24H22N2. The molecule has 0 fully saturated rings. The molecule has 2 heterocycles. The summed E-state index contributed by atoms with van der Waals surface area (Å²) in [6.45, 7) is 12.2. The lowest BCUT2D eigenvalue weighted by Gasteiger charge is -2.13. The molecule has 2 aromatic rings. The molecule has 0 spiro atoms. The Kier molecular flexibility index (Phi) is 5.55. The number of rotatable bonds is 4. The number of hydrogen-bond acceptors (Lipinski definition) is 2. The predicted molar refractivity (Wildman–Crippen MR) is 110 cm³/mol. The van der Waals surface area contributed by atoms with Crippen LogP contribution in [0.4, 0.5) is 0 Å². The predicted octanol–water partition coefficient (Wildman–Crippen LogP) is 3.94. The van der Waals surface area contributed by atoms with Crippen molar-refractivity contribution in [2.24, 2.45) is 0 Å². The van der Waals surface area contributed by atoms with Gasteiger partial charge in [-0.05, 0) is 34.9 Å². The zero-order chi connectivity index (χ0) is 18.4. The minimum absolute atomic E-state index is 0.328. The summed E-state index contributed by atoms with van der Waals surface area (Å²) in [5, 5.41) is 3.35. The Morgan fingerprint density at radius 2 is 1.69 bits per heavy atom. The second-order valence-corrected chi connectivity index (χ2v) is 6.09. The largest absolute Gasteiger partial charge is 0.254 e. The lowest BCUT2D eigenvalue weighted by Crippen LogP contribution is -2.18. The number of allylic oxidation sites excluding steroid dienone is 8. The summed E-state index contributed by atoms with van der Waals surface area (Å²) in [4.78, 5) is 9.09. The standard InChI is InChI=1S/C24H22N2/c1-4-5-6-8-11-20-14-16-25-23(18(20)2)24-19(3)22(15-17-26-24)21-12-9-7-10-13-21/h4-12,14-17,21H,1-3,13H2/b6-5-,11-8+,24-23-. The average molecular weight is 338 g/mol. The Morgan fingerprint density at radius 1 is 0.923 bits per heavy atom. The van der Waals surface area contributed by atoms with Gasteiger partial charge in [-0.25, -0.2) is 0 Å². The molecule has 1 unspecified atom stereocenters. The van der Waals surface area contributed by atoms with Gasteiger partial charge in [-0.2, -0.15) is 0 Å². The summed E-state index contributed by atoms with van der Waals surface area (Å²) >= 11 is 0. The highest BCUT2D eigenvalue weighted by molar-refractivity contribution is 5.52. The van der Waals surface area contributed by atoms with E-state index in [1.807, 2.05) is 42.6 Å². The fraction of sp³-hybridized carbons (Fsp3) is 0.0833. The minimum atomic E-state index is 0.328. The van der Waals surface area contributed by atoms with Gasteiger partial charge in [-0.3, -0.25) is 9.97 Å². The van der Waals surface area contributed by atoms with Gasteiger partial charge in [0.1, 0.15) is 0 Å². The van der Waals surface area contributed by atoms with Crippen LogP contribution in [0.15, 0.2) is 79.7 Å². The first-order valence-corrected chi connectivity index (χ1v) is 8.63. The Bertz CT molecular complexity index is 1120. The van der Waals surface area contributed by atoms with Crippen LogP contribution in [0.3, 0.4) is 0 Å². The SMILES string of the molecule is C=C/C=C\C=C\c1ccn/c(=c2\nccc(C3C=CC=CC3)c2=C)c1=C. The molecule has 0 radical (unpaired) electrons. The Hall–Kier alpha value is -3.26. The maximum atomic E-state index is 4.56. The van der Waals surface area contributed by atoms with E-state index in [2.05, 4.69) is 54.0 Å². The van der Waals surface area contributed by atoms with Gasteiger partial charge in [0.2, 0.25) is 0 Å². The van der Waals surface area contributed by atoms with E-state index in [9.17, 15) is 0 Å². The van der Waals surface area contributed by atoms with Crippen molar-refractivity contribution in [2.45, 2.75) is 12.3 Å². The zero-order valence-corrected chi connectivity index (χ0v) is 14.8. The monoisotopic (exact) mass is 338 g/mol. The quantitative estimate of drug-likeness (QED) is 0.789. The summed E-state index contributed by atoms with van der Waals surface area (Å²) < 4.78 is 0. The number of pyridine rings is 2. The Balaban J connectivity index is 2.19. The van der Waals surface area contributed by atoms with E-state index in [1.54, 1.807) is 12.3 Å². The highest BCUT2D eigenvalue weighted by Gasteiger charge is 2.10. The van der Waals surface area contributed by atoms with Gasteiger partial charge in [-0.1, -0.05) is 74.4 Å². The molecule has 1 aliphatic rings. The maximum absolute atomic E-state index is 4.56. The van der Waals surface area contributed by atoms with E-state index in [0.29, 0.717) is 5.92 Å². The molecule has 2 aromatic heterocycles. The fourth-order valence-electron chi connectivity index (χ4n) is 3.04. The van der Waals surface area contributed by atoms with Crippen molar-refractivity contribution in [1.82, 2.24) is 9.97 Å². The molecule has 0 bridgehead atoms. The third kappa shape index (κ3) is 3.70. The molecule has 0 saturated heterocycles. The van der Waals surface area contributed by atoms with E-state index in [0.717, 1.165) is 33.1 Å². The van der Waals surface area contributed by atoms with Crippen LogP contribution < -0.4 is 10.4 Å². The van der Waals surface area contributed by atoms with Crippen molar-refractivity contribution in [3.05, 3.63) is 112 Å². The molecule has 0 saturated carbocycles. The van der Waals surface area contributed by atoms with Gasteiger partial charge in [0, 0.05) is 23.5 Å². The molecule has 0 aliphatic heterocycles. The van der Waals surface area contributed by atoms with Gasteiger partial charge in [-0.15, -0.1) is 0 Å². The summed E-state index contributed by atoms with van der Waals surface area (Å²) in [6.07, 6.45) is 22.7. The topological polar surface area (TPSA) is 25.8 Å². The normalized spacial score (nSPS) is 17.9. The molecule has 128 valence electrons. The molecule has 0 N–H and O–H groups in total. The molecular weight excluding hydrogens is 316 g/mol. The van der Waals surface area contributed by atoms with E-state index < -0.39 is 0 Å². The Morgan fingerprint density at radius 3 is 2.42 bits per heavy atom. The van der Waals surface area contributed by atoms with Crippen LogP contribution in [0, 0.1) is 10.7 Å². The van der Waals surface area contributed by atoms with Crippen LogP contribution in [-0.2, 0) is 0 Å². The molecule has 1 atom stereocenters. The van der Waals surface area contributed by atoms with E-state index in [1.165, 1.54) is 5.56 Å². The number of aromatic nitrogens is 2. The van der Waals surface area contributed by atoms with Crippen LogP contribution in [0.25, 0.3) is 19.2 Å². The van der Waals surface area contributed by atoms with Gasteiger partial charge < -0.3 is 0 Å². The van der Waals surface area contributed by atoms with E-state index in [4.69, 9.17) is 0 Å². The van der Waals surface area contributed by atoms with Crippen LogP contribution >= 0.6 is 0 Å². The van der Waals surface area contributed by atoms with Crippen molar-refractivity contribution < 1.29 is 0 Å². The molecule has 2 heteroatoms. The van der Waals surface area contributed by atoms with E-state index in [-0.39, 0.29) is 0 Å². The summed E-state index contributed by atoms with van der Waals surface area (Å²) in [5.41, 5.74) is 2.20. The first-order valence-electron chi connectivity index (χ1n) is 8.63. The second-order valence-electron chi connectivity index (χ2n) is 6.09. The fourth-order valence-corrected chi connectivity index (χ4v) is 3.04. The summed E-state index contributed by atoms with van der Waals surface area (Å²) in [7, 11) is 0. The molecule has 26 heavy (non-hydrogen) atoms. The Labute approximate surface area is 154 Å². The first-order chi connectivity index (χ1) is 12.7. The lowest BCUT2D eigenvalue weighted by molar-refractivity contribution is 0.839. The van der Waals surface area contributed by atoms with Crippen molar-refractivity contribution in [3.63, 3.8) is 0 Å². The smallest absolute Gasteiger partial charge is 0.0964 e. The van der Waals surface area contributed by atoms with Crippen molar-refractivity contribution in [3.8, 4) is 0 Å². The number of hydrogen-bond donors (Lipinski definition) is 0. The minimum Gasteiger partial charge on any atom is -0.254 e. The van der Waals surface area contributed by atoms with E-state index >= 15 is 0 Å². The highest BCUT2D eigenvalue weighted by Crippen LogP contribution is 2.21. The van der Waals surface area contributed by atoms with Crippen LogP contribution in [0.5, 0.6) is 0 Å². The highest BCUT2D eigenvalue weighted by atomic mass is 14.7. The maximum Gasteiger partial charge on any atom is 0.0964 e. The van der Waals surface area contributed by atoms with Gasteiger partial charge in [0.15, 0.2) is 0 Å². The molecule has 0 aromatic carbocycles. The van der Waals surface area contributed by atoms with Crippen molar-refractivity contribution in [1.29, 1.82) is 0 Å². The van der Waals surface area contributed by atoms with Crippen LogP contribution in [0.2, 0.25) is 0 Å². The van der Waals surface area contributed by atoms with Crippen molar-refractivity contribution in [2.75, 3.05) is 0 Å². The molecule has 2 nitrogen and oxygen atoms in total. The molecule has 3 rings (SSSR count). The molecule has 0 amide bonds. The summed E-state index contributed by atoms with van der Waals surface area (Å²) in [6, 6.07) is 4.00. The summed E-state index contributed by atoms with van der Waals surface area (Å²) in [5.74, 6) is 0.328. The van der Waals surface area contributed by atoms with Crippen LogP contribution in [-0.4, -0.2) is 9.97 Å². The number of nitrogens with zero attached hydrogens (tertiary/aromatic N) is 2. The molecule has 1 aliphatic carbocycles. The van der Waals surface area contributed by atoms with Crippen LogP contribution in [0.1, 0.15) is 23.5 Å². The van der Waals surface area contributed by atoms with Gasteiger partial charge in [0.25, 0.3) is 0 Å². The van der Waals surface area contributed by atoms with Crippen molar-refractivity contribution >= 4 is 19.2 Å². The lowest BCUT2D eigenvalue weighted by atomic mass is 9.92.